The van der Waals surface area contributed by atoms with E-state index in [-0.39, 0.29) is 11.2 Å². The van der Waals surface area contributed by atoms with Crippen LogP contribution in [-0.2, 0) is 5.41 Å². The van der Waals surface area contributed by atoms with E-state index in [2.05, 4.69) is 37.6 Å². The summed E-state index contributed by atoms with van der Waals surface area (Å²) in [5.74, 6) is 0.978. The van der Waals surface area contributed by atoms with Crippen LogP contribution in [0.2, 0.25) is 0 Å². The van der Waals surface area contributed by atoms with Crippen molar-refractivity contribution >= 4 is 28.8 Å². The lowest BCUT2D eigenvalue weighted by Crippen LogP contribution is -2.11. The second-order valence-corrected chi connectivity index (χ2v) is 8.04. The van der Waals surface area contributed by atoms with Crippen LogP contribution in [0.15, 0.2) is 58.1 Å². The second kappa shape index (κ2) is 7.74. The average Bonchev–Trinajstić information content (AvgIpc) is 2.54. The number of aryl methyl sites for hydroxylation is 1. The maximum absolute atomic E-state index is 10.6. The van der Waals surface area contributed by atoms with Gasteiger partial charge >= 0.3 is 0 Å². The lowest BCUT2D eigenvalue weighted by Gasteiger charge is -2.21. The van der Waals surface area contributed by atoms with E-state index in [1.54, 1.807) is 11.8 Å². The van der Waals surface area contributed by atoms with Crippen molar-refractivity contribution < 1.29 is 5.11 Å². The normalized spacial score (nSPS) is 11.8. The van der Waals surface area contributed by atoms with Crippen molar-refractivity contribution in [2.24, 2.45) is 10.2 Å². The minimum atomic E-state index is -0.180. The molecule has 132 valence electrons. The molecule has 5 heteroatoms. The molecule has 0 unspecified atom stereocenters. The minimum Gasteiger partial charge on any atom is -0.505 e. The molecule has 0 spiro atoms. The summed E-state index contributed by atoms with van der Waals surface area (Å²) < 4.78 is 0. The van der Waals surface area contributed by atoms with Crippen molar-refractivity contribution in [1.82, 2.24) is 0 Å². The smallest absolute Gasteiger partial charge is 0.146 e. The van der Waals surface area contributed by atoms with Crippen LogP contribution in [0.25, 0.3) is 0 Å². The molecule has 2 aromatic carbocycles. The van der Waals surface area contributed by atoms with Crippen molar-refractivity contribution in [2.75, 3.05) is 11.5 Å². The molecule has 0 aromatic heterocycles. The number of hydrogen-bond donors (Lipinski definition) is 2. The minimum absolute atomic E-state index is 0.164. The number of benzene rings is 2. The summed E-state index contributed by atoms with van der Waals surface area (Å²) in [6.45, 7) is 11.9. The number of azo groups is 1. The first-order chi connectivity index (χ1) is 11.7. The maximum Gasteiger partial charge on any atom is 0.146 e. The van der Waals surface area contributed by atoms with E-state index in [0.29, 0.717) is 17.1 Å². The molecule has 2 aromatic rings. The Labute approximate surface area is 153 Å². The van der Waals surface area contributed by atoms with Gasteiger partial charge in [-0.3, -0.25) is 0 Å². The Hall–Kier alpha value is -2.27. The van der Waals surface area contributed by atoms with Gasteiger partial charge in [0.05, 0.1) is 5.69 Å². The van der Waals surface area contributed by atoms with Crippen LogP contribution in [0, 0.1) is 6.92 Å². The van der Waals surface area contributed by atoms with Gasteiger partial charge in [0.15, 0.2) is 0 Å². The van der Waals surface area contributed by atoms with Gasteiger partial charge in [0.2, 0.25) is 0 Å². The molecular weight excluding hydrogens is 330 g/mol. The first-order valence-electron chi connectivity index (χ1n) is 8.11. The van der Waals surface area contributed by atoms with Crippen LogP contribution in [-0.4, -0.2) is 10.9 Å². The largest absolute Gasteiger partial charge is 0.505 e. The van der Waals surface area contributed by atoms with Crippen LogP contribution in [0.1, 0.15) is 31.9 Å². The fraction of sp³-hybridized carbons (Fsp3) is 0.300. The van der Waals surface area contributed by atoms with Crippen LogP contribution in [0.5, 0.6) is 5.75 Å². The highest BCUT2D eigenvalue weighted by Gasteiger charge is 2.20. The van der Waals surface area contributed by atoms with Gasteiger partial charge in [-0.15, -0.1) is 28.6 Å². The number of nitrogens with two attached hydrogens (primary N) is 1. The standard InChI is InChI=1S/C20H25N3OS/c1-6-9-25-14-7-8-16(21)17(12-14)22-23-18-11-13(2)10-15(19(18)24)20(3,4)5/h6-8,10-12,24H,1,9,21H2,2-5H3. The third-order valence-electron chi connectivity index (χ3n) is 3.68. The summed E-state index contributed by atoms with van der Waals surface area (Å²) in [6, 6.07) is 9.46. The van der Waals surface area contributed by atoms with Gasteiger partial charge in [-0.25, -0.2) is 0 Å². The number of phenolic OH excluding ortho intramolecular Hbond substituents is 1. The molecule has 0 aliphatic carbocycles. The number of rotatable bonds is 5. The molecule has 0 saturated heterocycles. The molecular formula is C20H25N3OS. The van der Waals surface area contributed by atoms with Crippen molar-refractivity contribution in [2.45, 2.75) is 38.0 Å². The fourth-order valence-electron chi connectivity index (χ4n) is 2.37. The van der Waals surface area contributed by atoms with Gasteiger partial charge in [0.25, 0.3) is 0 Å². The molecule has 2 rings (SSSR count). The Morgan fingerprint density at radius 2 is 1.84 bits per heavy atom. The SMILES string of the molecule is C=CCSc1ccc(N)c(N=Nc2cc(C)cc(C(C)(C)C)c2O)c1. The van der Waals surface area contributed by atoms with Gasteiger partial charge in [-0.1, -0.05) is 32.9 Å². The molecule has 0 atom stereocenters. The summed E-state index contributed by atoms with van der Waals surface area (Å²) in [5.41, 5.74) is 9.30. The monoisotopic (exact) mass is 355 g/mol. The molecule has 0 amide bonds. The van der Waals surface area contributed by atoms with Crippen LogP contribution < -0.4 is 5.73 Å². The van der Waals surface area contributed by atoms with Crippen molar-refractivity contribution in [3.8, 4) is 5.75 Å². The van der Waals surface area contributed by atoms with Crippen LogP contribution in [0.3, 0.4) is 0 Å². The van der Waals surface area contributed by atoms with Crippen LogP contribution >= 0.6 is 11.8 Å². The lowest BCUT2D eigenvalue weighted by molar-refractivity contribution is 0.447. The van der Waals surface area contributed by atoms with Gasteiger partial charge in [-0.2, -0.15) is 0 Å². The van der Waals surface area contributed by atoms with Crippen molar-refractivity contribution in [3.63, 3.8) is 0 Å². The summed E-state index contributed by atoms with van der Waals surface area (Å²) in [5, 5.41) is 19.1. The van der Waals surface area contributed by atoms with Crippen LogP contribution in [0.4, 0.5) is 17.1 Å². The lowest BCUT2D eigenvalue weighted by atomic mass is 9.85. The molecule has 25 heavy (non-hydrogen) atoms. The Bertz CT molecular complexity index is 807. The van der Waals surface area contributed by atoms with E-state index in [4.69, 9.17) is 5.73 Å². The number of nitrogens with zero attached hydrogens (tertiary/aromatic N) is 2. The maximum atomic E-state index is 10.6. The highest BCUT2D eigenvalue weighted by atomic mass is 32.2. The predicted octanol–water partition coefficient (Wildman–Crippen LogP) is 6.27. The number of thioether (sulfide) groups is 1. The molecule has 0 fully saturated rings. The molecule has 0 aliphatic heterocycles. The van der Waals surface area contributed by atoms with Gasteiger partial charge in [-0.05, 0) is 42.2 Å². The second-order valence-electron chi connectivity index (χ2n) is 6.95. The average molecular weight is 356 g/mol. The van der Waals surface area contributed by atoms with Gasteiger partial charge < -0.3 is 10.8 Å². The Kier molecular flexibility index (Phi) is 5.90. The molecule has 0 heterocycles. The molecule has 0 radical (unpaired) electrons. The fourth-order valence-corrected chi connectivity index (χ4v) is 3.04. The number of aromatic hydroxyl groups is 1. The zero-order chi connectivity index (χ0) is 18.6. The summed E-state index contributed by atoms with van der Waals surface area (Å²) in [7, 11) is 0. The molecule has 3 N–H and O–H groups in total. The van der Waals surface area contributed by atoms with E-state index in [1.165, 1.54) is 0 Å². The molecule has 0 bridgehead atoms. The Morgan fingerprint density at radius 1 is 1.16 bits per heavy atom. The van der Waals surface area contributed by atoms with E-state index in [0.717, 1.165) is 21.8 Å². The Morgan fingerprint density at radius 3 is 2.48 bits per heavy atom. The molecule has 0 saturated carbocycles. The van der Waals surface area contributed by atoms with Crippen molar-refractivity contribution in [1.29, 1.82) is 0 Å². The quantitative estimate of drug-likeness (QED) is 0.287. The van der Waals surface area contributed by atoms with Gasteiger partial charge in [0.1, 0.15) is 17.1 Å². The van der Waals surface area contributed by atoms with Gasteiger partial charge in [0, 0.05) is 16.2 Å². The van der Waals surface area contributed by atoms with E-state index in [9.17, 15) is 5.11 Å². The number of hydrogen-bond acceptors (Lipinski definition) is 5. The van der Waals surface area contributed by atoms with E-state index in [1.807, 2.05) is 43.3 Å². The van der Waals surface area contributed by atoms with E-state index >= 15 is 0 Å². The topological polar surface area (TPSA) is 71.0 Å². The highest BCUT2D eigenvalue weighted by Crippen LogP contribution is 2.40. The first-order valence-corrected chi connectivity index (χ1v) is 9.10. The zero-order valence-corrected chi connectivity index (χ0v) is 16.0. The Balaban J connectivity index is 2.40. The first kappa shape index (κ1) is 19.1. The number of nitrogen functional groups attached to an aromatic ring is 1. The third kappa shape index (κ3) is 4.86. The molecule has 0 aliphatic rings. The summed E-state index contributed by atoms with van der Waals surface area (Å²) in [6.07, 6.45) is 1.85. The highest BCUT2D eigenvalue weighted by molar-refractivity contribution is 7.99. The zero-order valence-electron chi connectivity index (χ0n) is 15.2. The number of phenols is 1. The third-order valence-corrected chi connectivity index (χ3v) is 4.67. The number of anilines is 1. The van der Waals surface area contributed by atoms with Crippen molar-refractivity contribution in [3.05, 3.63) is 54.1 Å². The van der Waals surface area contributed by atoms with E-state index < -0.39 is 0 Å². The summed E-state index contributed by atoms with van der Waals surface area (Å²) in [4.78, 5) is 1.05. The summed E-state index contributed by atoms with van der Waals surface area (Å²) >= 11 is 1.65. The molecule has 4 nitrogen and oxygen atoms in total. The predicted molar refractivity (Wildman–Crippen MR) is 107 cm³/mol.